The summed E-state index contributed by atoms with van der Waals surface area (Å²) in [6, 6.07) is 11.6. The normalized spacial score (nSPS) is 17.3. The van der Waals surface area contributed by atoms with Gasteiger partial charge in [0, 0.05) is 41.8 Å². The molecule has 0 spiro atoms. The molecule has 2 aliphatic rings. The van der Waals surface area contributed by atoms with Crippen LogP contribution in [0.15, 0.2) is 42.5 Å². The first-order valence-electron chi connectivity index (χ1n) is 9.13. The minimum Gasteiger partial charge on any atom is -0.363 e. The number of amides is 1. The Balaban J connectivity index is 1.63. The Labute approximate surface area is 162 Å². The molecule has 6 heteroatoms. The molecule has 140 valence electrons. The second-order valence-electron chi connectivity index (χ2n) is 7.13. The molecule has 0 bridgehead atoms. The summed E-state index contributed by atoms with van der Waals surface area (Å²) in [5, 5.41) is 0.605. The van der Waals surface area contributed by atoms with Crippen molar-refractivity contribution in [1.29, 1.82) is 0 Å². The van der Waals surface area contributed by atoms with Crippen molar-refractivity contribution < 1.29 is 14.0 Å². The van der Waals surface area contributed by atoms with Crippen LogP contribution in [0.1, 0.15) is 35.2 Å². The van der Waals surface area contributed by atoms with Gasteiger partial charge in [-0.1, -0.05) is 23.7 Å². The Kier molecular flexibility index (Phi) is 4.87. The molecule has 1 saturated carbocycles. The molecule has 0 unspecified atom stereocenters. The molecule has 1 heterocycles. The average Bonchev–Trinajstić information content (AvgIpc) is 3.47. The van der Waals surface area contributed by atoms with Gasteiger partial charge in [0.05, 0.1) is 6.54 Å². The first kappa shape index (κ1) is 18.0. The monoisotopic (exact) mass is 386 g/mol. The Morgan fingerprint density at radius 2 is 2.00 bits per heavy atom. The van der Waals surface area contributed by atoms with Gasteiger partial charge in [0.25, 0.3) is 0 Å². The molecule has 0 radical (unpaired) electrons. The lowest BCUT2D eigenvalue weighted by Gasteiger charge is -2.33. The molecule has 1 aliphatic heterocycles. The van der Waals surface area contributed by atoms with Crippen molar-refractivity contribution in [1.82, 2.24) is 4.90 Å². The highest BCUT2D eigenvalue weighted by molar-refractivity contribution is 6.30. The fraction of sp³-hybridized carbons (Fsp3) is 0.333. The number of fused-ring (bicyclic) bond motifs is 1. The SMILES string of the molecule is O=C(CN1CCC(=O)N(C2CC2)Cc2cc(Cl)ccc21)c1cccc(F)c1. The van der Waals surface area contributed by atoms with E-state index in [1.165, 1.54) is 18.2 Å². The van der Waals surface area contributed by atoms with Crippen LogP contribution >= 0.6 is 11.6 Å². The summed E-state index contributed by atoms with van der Waals surface area (Å²) in [6.07, 6.45) is 2.45. The van der Waals surface area contributed by atoms with Crippen molar-refractivity contribution in [3.8, 4) is 0 Å². The molecule has 0 N–H and O–H groups in total. The van der Waals surface area contributed by atoms with Gasteiger partial charge in [0.2, 0.25) is 5.91 Å². The van der Waals surface area contributed by atoms with E-state index in [0.717, 1.165) is 24.1 Å². The van der Waals surface area contributed by atoms with Gasteiger partial charge in [0.15, 0.2) is 5.78 Å². The molecule has 0 atom stereocenters. The van der Waals surface area contributed by atoms with Gasteiger partial charge >= 0.3 is 0 Å². The molecule has 4 nitrogen and oxygen atoms in total. The molecule has 1 aliphatic carbocycles. The van der Waals surface area contributed by atoms with Crippen molar-refractivity contribution in [2.75, 3.05) is 18.0 Å². The second-order valence-corrected chi connectivity index (χ2v) is 7.57. The number of hydrogen-bond donors (Lipinski definition) is 0. The molecule has 2 aromatic rings. The molecular weight excluding hydrogens is 367 g/mol. The molecule has 0 aromatic heterocycles. The Morgan fingerprint density at radius 3 is 2.74 bits per heavy atom. The number of ketones is 1. The van der Waals surface area contributed by atoms with Gasteiger partial charge in [-0.2, -0.15) is 0 Å². The van der Waals surface area contributed by atoms with E-state index in [4.69, 9.17) is 11.6 Å². The minimum atomic E-state index is -0.434. The predicted octanol–water partition coefficient (Wildman–Crippen LogP) is 4.06. The summed E-state index contributed by atoms with van der Waals surface area (Å²) in [6.45, 7) is 1.04. The smallest absolute Gasteiger partial charge is 0.224 e. The van der Waals surface area contributed by atoms with Crippen LogP contribution in [-0.2, 0) is 11.3 Å². The van der Waals surface area contributed by atoms with E-state index in [9.17, 15) is 14.0 Å². The van der Waals surface area contributed by atoms with Gasteiger partial charge in [-0.15, -0.1) is 0 Å². The number of carbonyl (C=O) groups is 2. The maximum Gasteiger partial charge on any atom is 0.224 e. The first-order valence-corrected chi connectivity index (χ1v) is 9.50. The summed E-state index contributed by atoms with van der Waals surface area (Å²) >= 11 is 6.19. The topological polar surface area (TPSA) is 40.6 Å². The van der Waals surface area contributed by atoms with Crippen molar-refractivity contribution in [3.05, 3.63) is 64.4 Å². The van der Waals surface area contributed by atoms with E-state index in [1.54, 1.807) is 12.1 Å². The average molecular weight is 387 g/mol. The minimum absolute atomic E-state index is 0.0921. The molecule has 4 rings (SSSR count). The second kappa shape index (κ2) is 7.31. The van der Waals surface area contributed by atoms with Gasteiger partial charge in [-0.25, -0.2) is 4.39 Å². The van der Waals surface area contributed by atoms with E-state index in [0.29, 0.717) is 36.1 Å². The Morgan fingerprint density at radius 1 is 1.19 bits per heavy atom. The third kappa shape index (κ3) is 3.98. The van der Waals surface area contributed by atoms with Crippen LogP contribution in [0.2, 0.25) is 5.02 Å². The maximum absolute atomic E-state index is 13.5. The largest absolute Gasteiger partial charge is 0.363 e. The van der Waals surface area contributed by atoms with E-state index >= 15 is 0 Å². The van der Waals surface area contributed by atoms with Crippen LogP contribution in [-0.4, -0.2) is 35.7 Å². The third-order valence-electron chi connectivity index (χ3n) is 5.11. The quantitative estimate of drug-likeness (QED) is 0.744. The summed E-state index contributed by atoms with van der Waals surface area (Å²) < 4.78 is 13.5. The maximum atomic E-state index is 13.5. The van der Waals surface area contributed by atoms with Crippen molar-refractivity contribution >= 4 is 29.0 Å². The lowest BCUT2D eigenvalue weighted by molar-refractivity contribution is -0.132. The highest BCUT2D eigenvalue weighted by Crippen LogP contribution is 2.34. The van der Waals surface area contributed by atoms with E-state index in [1.807, 2.05) is 21.9 Å². The summed E-state index contributed by atoms with van der Waals surface area (Å²) in [5.41, 5.74) is 2.18. The van der Waals surface area contributed by atoms with Crippen LogP contribution in [0.25, 0.3) is 0 Å². The van der Waals surface area contributed by atoms with Gasteiger partial charge < -0.3 is 9.80 Å². The van der Waals surface area contributed by atoms with Crippen LogP contribution < -0.4 is 4.90 Å². The van der Waals surface area contributed by atoms with Crippen LogP contribution in [0.3, 0.4) is 0 Å². The van der Waals surface area contributed by atoms with Crippen molar-refractivity contribution in [2.24, 2.45) is 0 Å². The number of Topliss-reactive ketones (excluding diaryl/α,β-unsaturated/α-hetero) is 1. The molecule has 0 saturated heterocycles. The van der Waals surface area contributed by atoms with Gasteiger partial charge in [0.1, 0.15) is 5.82 Å². The Hall–Kier alpha value is -2.40. The van der Waals surface area contributed by atoms with E-state index < -0.39 is 5.82 Å². The summed E-state index contributed by atoms with van der Waals surface area (Å²) in [4.78, 5) is 29.1. The fourth-order valence-electron chi connectivity index (χ4n) is 3.57. The number of carbonyl (C=O) groups excluding carboxylic acids is 2. The van der Waals surface area contributed by atoms with Crippen molar-refractivity contribution in [3.63, 3.8) is 0 Å². The molecule has 1 amide bonds. The standard InChI is InChI=1S/C21H20ClFN2O2/c22-16-4-7-19-15(10-16)12-25(18-5-6-18)21(27)8-9-24(19)13-20(26)14-2-1-3-17(23)11-14/h1-4,7,10-11,18H,5-6,8-9,12-13H2. The van der Waals surface area contributed by atoms with Crippen LogP contribution in [0.4, 0.5) is 10.1 Å². The first-order chi connectivity index (χ1) is 13.0. The number of rotatable bonds is 4. The highest BCUT2D eigenvalue weighted by atomic mass is 35.5. The summed E-state index contributed by atoms with van der Waals surface area (Å²) in [5.74, 6) is -0.509. The van der Waals surface area contributed by atoms with Crippen LogP contribution in [0.5, 0.6) is 0 Å². The number of nitrogens with zero attached hydrogens (tertiary/aromatic N) is 2. The van der Waals surface area contributed by atoms with Gasteiger partial charge in [-0.3, -0.25) is 9.59 Å². The predicted molar refractivity (Wildman–Crippen MR) is 103 cm³/mol. The summed E-state index contributed by atoms with van der Waals surface area (Å²) in [7, 11) is 0. The molecular formula is C21H20ClFN2O2. The molecule has 1 fully saturated rings. The van der Waals surface area contributed by atoms with Crippen LogP contribution in [0, 0.1) is 5.82 Å². The van der Waals surface area contributed by atoms with E-state index in [-0.39, 0.29) is 18.2 Å². The highest BCUT2D eigenvalue weighted by Gasteiger charge is 2.34. The Bertz CT molecular complexity index is 898. The third-order valence-corrected chi connectivity index (χ3v) is 5.34. The fourth-order valence-corrected chi connectivity index (χ4v) is 3.76. The van der Waals surface area contributed by atoms with Crippen molar-refractivity contribution in [2.45, 2.75) is 31.8 Å². The number of anilines is 1. The number of hydrogen-bond acceptors (Lipinski definition) is 3. The zero-order valence-electron chi connectivity index (χ0n) is 14.8. The van der Waals surface area contributed by atoms with E-state index in [2.05, 4.69) is 0 Å². The lowest BCUT2D eigenvalue weighted by atomic mass is 10.1. The zero-order valence-corrected chi connectivity index (χ0v) is 15.6. The molecule has 2 aromatic carbocycles. The van der Waals surface area contributed by atoms with Gasteiger partial charge in [-0.05, 0) is 48.7 Å². The number of benzene rings is 2. The zero-order chi connectivity index (χ0) is 19.0. The lowest BCUT2D eigenvalue weighted by Crippen LogP contribution is -2.40. The molecule has 27 heavy (non-hydrogen) atoms. The number of halogens is 2.